The van der Waals surface area contributed by atoms with Crippen LogP contribution in [-0.2, 0) is 6.42 Å². The van der Waals surface area contributed by atoms with Crippen molar-refractivity contribution in [3.05, 3.63) is 23.9 Å². The Balaban J connectivity index is 2.59. The maximum absolute atomic E-state index is 5.97. The van der Waals surface area contributed by atoms with Gasteiger partial charge in [-0.3, -0.25) is 0 Å². The summed E-state index contributed by atoms with van der Waals surface area (Å²) >= 11 is 1.89. The summed E-state index contributed by atoms with van der Waals surface area (Å²) in [6.45, 7) is 4.37. The molecule has 0 aliphatic carbocycles. The molecule has 0 fully saturated rings. The maximum Gasteiger partial charge on any atom is 0.128 e. The summed E-state index contributed by atoms with van der Waals surface area (Å²) in [6, 6.07) is 5.01. The summed E-state index contributed by atoms with van der Waals surface area (Å²) < 4.78 is 0. The lowest BCUT2D eigenvalue weighted by Crippen LogP contribution is -2.30. The van der Waals surface area contributed by atoms with Gasteiger partial charge in [-0.25, -0.2) is 4.98 Å². The molecule has 0 radical (unpaired) electrons. The Bertz CT molecular complexity index is 353. The van der Waals surface area contributed by atoms with Crippen LogP contribution >= 0.6 is 11.8 Å². The number of pyridine rings is 1. The molecular formula is C15H27N3S. The Kier molecular flexibility index (Phi) is 7.24. The van der Waals surface area contributed by atoms with Gasteiger partial charge < -0.3 is 10.6 Å². The van der Waals surface area contributed by atoms with E-state index in [1.165, 1.54) is 17.7 Å². The van der Waals surface area contributed by atoms with E-state index < -0.39 is 0 Å². The number of hydrogen-bond donors (Lipinski definition) is 1. The highest BCUT2D eigenvalue weighted by Crippen LogP contribution is 2.16. The number of hydrogen-bond acceptors (Lipinski definition) is 4. The highest BCUT2D eigenvalue weighted by molar-refractivity contribution is 7.98. The minimum atomic E-state index is 0.242. The molecule has 3 nitrogen and oxygen atoms in total. The Labute approximate surface area is 122 Å². The second kappa shape index (κ2) is 8.43. The van der Waals surface area contributed by atoms with Gasteiger partial charge in [0.1, 0.15) is 5.82 Å². The molecule has 0 saturated carbocycles. The van der Waals surface area contributed by atoms with Gasteiger partial charge in [-0.2, -0.15) is 11.8 Å². The van der Waals surface area contributed by atoms with Gasteiger partial charge in [-0.15, -0.1) is 0 Å². The van der Waals surface area contributed by atoms with E-state index in [2.05, 4.69) is 49.2 Å². The topological polar surface area (TPSA) is 42.1 Å². The molecule has 1 heterocycles. The van der Waals surface area contributed by atoms with Crippen molar-refractivity contribution in [3.63, 3.8) is 0 Å². The largest absolute Gasteiger partial charge is 0.357 e. The van der Waals surface area contributed by atoms with Gasteiger partial charge in [0.25, 0.3) is 0 Å². The molecule has 0 aliphatic heterocycles. The van der Waals surface area contributed by atoms with Crippen molar-refractivity contribution in [3.8, 4) is 0 Å². The summed E-state index contributed by atoms with van der Waals surface area (Å²) in [5.41, 5.74) is 7.19. The van der Waals surface area contributed by atoms with Crippen LogP contribution in [-0.4, -0.2) is 36.1 Å². The monoisotopic (exact) mass is 281 g/mol. The first-order chi connectivity index (χ1) is 9.08. The lowest BCUT2D eigenvalue weighted by Gasteiger charge is -2.26. The molecule has 2 N–H and O–H groups in total. The zero-order valence-corrected chi connectivity index (χ0v) is 13.4. The lowest BCUT2D eigenvalue weighted by molar-refractivity contribution is 0.642. The first kappa shape index (κ1) is 16.3. The minimum Gasteiger partial charge on any atom is -0.357 e. The number of rotatable bonds is 8. The van der Waals surface area contributed by atoms with Crippen LogP contribution in [0.15, 0.2) is 18.3 Å². The summed E-state index contributed by atoms with van der Waals surface area (Å²) in [6.07, 6.45) is 7.21. The number of aromatic nitrogens is 1. The van der Waals surface area contributed by atoms with E-state index in [0.717, 1.165) is 18.7 Å². The molecule has 108 valence electrons. The zero-order valence-electron chi connectivity index (χ0n) is 12.6. The van der Waals surface area contributed by atoms with E-state index in [-0.39, 0.29) is 6.04 Å². The number of nitrogens with zero attached hydrogens (tertiary/aromatic N) is 2. The average Bonchev–Trinajstić information content (AvgIpc) is 2.44. The van der Waals surface area contributed by atoms with E-state index in [4.69, 9.17) is 5.73 Å². The van der Waals surface area contributed by atoms with Crippen LogP contribution in [0.5, 0.6) is 0 Å². The molecule has 4 heteroatoms. The molecule has 2 unspecified atom stereocenters. The molecule has 1 rings (SSSR count). The van der Waals surface area contributed by atoms with Crippen LogP contribution in [0.4, 0.5) is 5.82 Å². The molecule has 0 aliphatic rings. The average molecular weight is 281 g/mol. The molecule has 1 aromatic heterocycles. The predicted octanol–water partition coefficient (Wildman–Crippen LogP) is 2.94. The van der Waals surface area contributed by atoms with E-state index >= 15 is 0 Å². The van der Waals surface area contributed by atoms with E-state index in [9.17, 15) is 0 Å². The standard InChI is InChI=1S/C15H27N3S/c1-5-14(16)10-13-6-7-15(17-11-13)18(3)12(2)8-9-19-4/h6-7,11-12,14H,5,8-10,16H2,1-4H3. The Morgan fingerprint density at radius 1 is 1.42 bits per heavy atom. The number of nitrogens with two attached hydrogens (primary N) is 1. The van der Waals surface area contributed by atoms with Crippen molar-refractivity contribution in [2.24, 2.45) is 5.73 Å². The van der Waals surface area contributed by atoms with Crippen molar-refractivity contribution >= 4 is 17.6 Å². The highest BCUT2D eigenvalue weighted by Gasteiger charge is 2.11. The van der Waals surface area contributed by atoms with Crippen LogP contribution in [0.25, 0.3) is 0 Å². The van der Waals surface area contributed by atoms with Gasteiger partial charge in [0.2, 0.25) is 0 Å². The van der Waals surface area contributed by atoms with Crippen LogP contribution < -0.4 is 10.6 Å². The smallest absolute Gasteiger partial charge is 0.128 e. The van der Waals surface area contributed by atoms with Gasteiger partial charge in [0.15, 0.2) is 0 Å². The van der Waals surface area contributed by atoms with E-state index in [1.807, 2.05) is 18.0 Å². The molecule has 0 aromatic carbocycles. The first-order valence-electron chi connectivity index (χ1n) is 7.00. The van der Waals surface area contributed by atoms with Gasteiger partial charge in [-0.05, 0) is 49.8 Å². The summed E-state index contributed by atoms with van der Waals surface area (Å²) in [7, 11) is 2.12. The van der Waals surface area contributed by atoms with Gasteiger partial charge >= 0.3 is 0 Å². The number of anilines is 1. The molecule has 1 aromatic rings. The Morgan fingerprint density at radius 2 is 2.16 bits per heavy atom. The van der Waals surface area contributed by atoms with Crippen LogP contribution in [0, 0.1) is 0 Å². The predicted molar refractivity (Wildman–Crippen MR) is 87.1 cm³/mol. The van der Waals surface area contributed by atoms with Crippen molar-refractivity contribution in [2.75, 3.05) is 24.0 Å². The molecule has 0 bridgehead atoms. The second-order valence-corrected chi connectivity index (χ2v) is 6.12. The highest BCUT2D eigenvalue weighted by atomic mass is 32.2. The molecule has 0 amide bonds. The number of thioether (sulfide) groups is 1. The molecule has 19 heavy (non-hydrogen) atoms. The van der Waals surface area contributed by atoms with Crippen LogP contribution in [0.2, 0.25) is 0 Å². The van der Waals surface area contributed by atoms with Gasteiger partial charge in [0.05, 0.1) is 0 Å². The van der Waals surface area contributed by atoms with Gasteiger partial charge in [0, 0.05) is 25.3 Å². The SMILES string of the molecule is CCC(N)Cc1ccc(N(C)C(C)CCSC)nc1. The zero-order chi connectivity index (χ0) is 14.3. The third-order valence-electron chi connectivity index (χ3n) is 3.59. The first-order valence-corrected chi connectivity index (χ1v) is 8.40. The van der Waals surface area contributed by atoms with Crippen molar-refractivity contribution in [1.82, 2.24) is 4.98 Å². The normalized spacial score (nSPS) is 14.2. The Hall–Kier alpha value is -0.740. The fraction of sp³-hybridized carbons (Fsp3) is 0.667. The Morgan fingerprint density at radius 3 is 2.68 bits per heavy atom. The lowest BCUT2D eigenvalue weighted by atomic mass is 10.1. The third kappa shape index (κ3) is 5.41. The van der Waals surface area contributed by atoms with Crippen LogP contribution in [0.3, 0.4) is 0 Å². The van der Waals surface area contributed by atoms with E-state index in [1.54, 1.807) is 0 Å². The minimum absolute atomic E-state index is 0.242. The molecule has 0 spiro atoms. The summed E-state index contributed by atoms with van der Waals surface area (Å²) in [4.78, 5) is 6.81. The molecular weight excluding hydrogens is 254 g/mol. The van der Waals surface area contributed by atoms with Crippen molar-refractivity contribution in [2.45, 2.75) is 45.2 Å². The van der Waals surface area contributed by atoms with E-state index in [0.29, 0.717) is 6.04 Å². The maximum atomic E-state index is 5.97. The van der Waals surface area contributed by atoms with Crippen LogP contribution in [0.1, 0.15) is 32.3 Å². The second-order valence-electron chi connectivity index (χ2n) is 5.14. The summed E-state index contributed by atoms with van der Waals surface area (Å²) in [5, 5.41) is 0. The quantitative estimate of drug-likeness (QED) is 0.795. The molecule has 0 saturated heterocycles. The fourth-order valence-corrected chi connectivity index (χ4v) is 2.48. The summed E-state index contributed by atoms with van der Waals surface area (Å²) in [5.74, 6) is 2.23. The third-order valence-corrected chi connectivity index (χ3v) is 4.24. The molecule has 2 atom stereocenters. The fourth-order valence-electron chi connectivity index (χ4n) is 1.90. The van der Waals surface area contributed by atoms with Gasteiger partial charge in [-0.1, -0.05) is 13.0 Å². The van der Waals surface area contributed by atoms with Crippen molar-refractivity contribution < 1.29 is 0 Å². The van der Waals surface area contributed by atoms with Crippen molar-refractivity contribution in [1.29, 1.82) is 0 Å².